The quantitative estimate of drug-likeness (QED) is 0.649. The van der Waals surface area contributed by atoms with Crippen LogP contribution in [-0.4, -0.2) is 60.0 Å². The summed E-state index contributed by atoms with van der Waals surface area (Å²) in [6.07, 6.45) is 3.41. The molecule has 4 rings (SSSR count). The summed E-state index contributed by atoms with van der Waals surface area (Å²) in [7, 11) is -3.60. The second kappa shape index (κ2) is 8.78. The fourth-order valence-electron chi connectivity index (χ4n) is 3.39. The number of anilines is 2. The summed E-state index contributed by atoms with van der Waals surface area (Å²) >= 11 is 0. The number of piperazine rings is 1. The number of carbonyl (C=O) groups excluding carboxylic acids is 1. The number of hydrogen-bond donors (Lipinski definition) is 1. The largest absolute Gasteiger partial charge is 0.352 e. The first-order valence-electron chi connectivity index (χ1n) is 9.80. The molecule has 1 saturated heterocycles. The zero-order chi connectivity index (χ0) is 21.8. The highest BCUT2D eigenvalue weighted by atomic mass is 32.2. The maximum absolute atomic E-state index is 13.0. The summed E-state index contributed by atoms with van der Waals surface area (Å²) < 4.78 is 27.4. The molecule has 0 atom stereocenters. The Bertz CT molecular complexity index is 1140. The van der Waals surface area contributed by atoms with Gasteiger partial charge in [-0.25, -0.2) is 8.42 Å². The van der Waals surface area contributed by atoms with Crippen LogP contribution in [0.5, 0.6) is 0 Å². The second-order valence-electron chi connectivity index (χ2n) is 7.11. The molecule has 1 aromatic carbocycles. The minimum absolute atomic E-state index is 0.205. The SMILES string of the molecule is CC(=O)Nc1ccc(S(=O)(=O)N2CCN(c3ccc(-c4ccncc4)nn3)CC2)cc1. The molecule has 1 aliphatic heterocycles. The van der Waals surface area contributed by atoms with Gasteiger partial charge in [0.2, 0.25) is 15.9 Å². The Morgan fingerprint density at radius 3 is 2.16 bits per heavy atom. The van der Waals surface area contributed by atoms with E-state index in [1.807, 2.05) is 29.2 Å². The number of pyridine rings is 1. The molecular formula is C21H22N6O3S. The van der Waals surface area contributed by atoms with E-state index in [1.165, 1.54) is 23.4 Å². The van der Waals surface area contributed by atoms with Crippen molar-refractivity contribution in [2.24, 2.45) is 0 Å². The van der Waals surface area contributed by atoms with E-state index < -0.39 is 10.0 Å². The number of benzene rings is 1. The van der Waals surface area contributed by atoms with Crippen LogP contribution in [-0.2, 0) is 14.8 Å². The first kappa shape index (κ1) is 20.9. The van der Waals surface area contributed by atoms with Gasteiger partial charge in [0.15, 0.2) is 5.82 Å². The number of nitrogens with one attached hydrogen (secondary N) is 1. The van der Waals surface area contributed by atoms with Crippen LogP contribution in [0.2, 0.25) is 0 Å². The molecule has 31 heavy (non-hydrogen) atoms. The summed E-state index contributed by atoms with van der Waals surface area (Å²) in [4.78, 5) is 17.4. The number of carbonyl (C=O) groups is 1. The number of rotatable bonds is 5. The monoisotopic (exact) mass is 438 g/mol. The van der Waals surface area contributed by atoms with Crippen molar-refractivity contribution in [3.8, 4) is 11.3 Å². The van der Waals surface area contributed by atoms with E-state index >= 15 is 0 Å². The lowest BCUT2D eigenvalue weighted by Gasteiger charge is -2.34. The van der Waals surface area contributed by atoms with Gasteiger partial charge in [-0.3, -0.25) is 9.78 Å². The van der Waals surface area contributed by atoms with E-state index in [-0.39, 0.29) is 10.8 Å². The van der Waals surface area contributed by atoms with Crippen LogP contribution in [0.15, 0.2) is 65.8 Å². The lowest BCUT2D eigenvalue weighted by atomic mass is 10.2. The first-order valence-corrected chi connectivity index (χ1v) is 11.2. The Hall–Kier alpha value is -3.37. The van der Waals surface area contributed by atoms with Crippen molar-refractivity contribution in [2.45, 2.75) is 11.8 Å². The predicted molar refractivity (Wildman–Crippen MR) is 117 cm³/mol. The number of nitrogens with zero attached hydrogens (tertiary/aromatic N) is 5. The van der Waals surface area contributed by atoms with Gasteiger partial charge in [0.25, 0.3) is 0 Å². The molecule has 10 heteroatoms. The molecule has 1 fully saturated rings. The number of sulfonamides is 1. The molecule has 1 N–H and O–H groups in total. The zero-order valence-electron chi connectivity index (χ0n) is 17.0. The van der Waals surface area contributed by atoms with Crippen LogP contribution >= 0.6 is 0 Å². The molecule has 0 aliphatic carbocycles. The molecule has 1 amide bonds. The molecule has 0 saturated carbocycles. The highest BCUT2D eigenvalue weighted by Gasteiger charge is 2.29. The number of amides is 1. The van der Waals surface area contributed by atoms with Gasteiger partial charge in [-0.2, -0.15) is 4.31 Å². The van der Waals surface area contributed by atoms with Crippen molar-refractivity contribution < 1.29 is 13.2 Å². The lowest BCUT2D eigenvalue weighted by molar-refractivity contribution is -0.114. The Labute approximate surface area is 180 Å². The van der Waals surface area contributed by atoms with Crippen LogP contribution in [0.4, 0.5) is 11.5 Å². The Morgan fingerprint density at radius 1 is 0.903 bits per heavy atom. The maximum Gasteiger partial charge on any atom is 0.243 e. The summed E-state index contributed by atoms with van der Waals surface area (Å²) in [5.41, 5.74) is 2.26. The van der Waals surface area contributed by atoms with E-state index in [0.717, 1.165) is 17.1 Å². The Balaban J connectivity index is 1.40. The Morgan fingerprint density at radius 2 is 1.58 bits per heavy atom. The molecule has 1 aliphatic rings. The average molecular weight is 439 g/mol. The molecule has 2 aromatic heterocycles. The third-order valence-corrected chi connectivity index (χ3v) is 6.91. The van der Waals surface area contributed by atoms with Gasteiger partial charge in [-0.15, -0.1) is 10.2 Å². The Kier molecular flexibility index (Phi) is 5.92. The van der Waals surface area contributed by atoms with E-state index in [9.17, 15) is 13.2 Å². The highest BCUT2D eigenvalue weighted by Crippen LogP contribution is 2.22. The molecular weight excluding hydrogens is 416 g/mol. The summed E-state index contributed by atoms with van der Waals surface area (Å²) in [6.45, 7) is 3.15. The molecule has 3 aromatic rings. The van der Waals surface area contributed by atoms with Crippen LogP contribution in [0, 0.1) is 0 Å². The van der Waals surface area contributed by atoms with Crippen LogP contribution < -0.4 is 10.2 Å². The standard InChI is InChI=1S/C21H22N6O3S/c1-16(28)23-18-2-4-19(5-3-18)31(29,30)27-14-12-26(13-15-27)21-7-6-20(24-25-21)17-8-10-22-11-9-17/h2-11H,12-15H2,1H3,(H,23,28). The average Bonchev–Trinajstić information content (AvgIpc) is 2.80. The molecule has 3 heterocycles. The van der Waals surface area contributed by atoms with Gasteiger partial charge >= 0.3 is 0 Å². The molecule has 0 unspecified atom stereocenters. The molecule has 0 radical (unpaired) electrons. The van der Waals surface area contributed by atoms with E-state index in [4.69, 9.17) is 0 Å². The van der Waals surface area contributed by atoms with Gasteiger partial charge in [-0.1, -0.05) is 0 Å². The van der Waals surface area contributed by atoms with E-state index in [0.29, 0.717) is 31.9 Å². The summed E-state index contributed by atoms with van der Waals surface area (Å²) in [6, 6.07) is 13.7. The zero-order valence-corrected chi connectivity index (χ0v) is 17.8. The smallest absolute Gasteiger partial charge is 0.243 e. The van der Waals surface area contributed by atoms with Crippen molar-refractivity contribution in [3.63, 3.8) is 0 Å². The predicted octanol–water partition coefficient (Wildman–Crippen LogP) is 2.01. The fraction of sp³-hybridized carbons (Fsp3) is 0.238. The normalized spacial score (nSPS) is 14.9. The van der Waals surface area contributed by atoms with Gasteiger partial charge in [-0.05, 0) is 48.5 Å². The topological polar surface area (TPSA) is 108 Å². The van der Waals surface area contributed by atoms with Crippen molar-refractivity contribution in [3.05, 3.63) is 60.9 Å². The van der Waals surface area contributed by atoms with Gasteiger partial charge < -0.3 is 10.2 Å². The van der Waals surface area contributed by atoms with E-state index in [2.05, 4.69) is 20.5 Å². The van der Waals surface area contributed by atoms with Crippen LogP contribution in [0.25, 0.3) is 11.3 Å². The highest BCUT2D eigenvalue weighted by molar-refractivity contribution is 7.89. The van der Waals surface area contributed by atoms with Crippen molar-refractivity contribution in [1.82, 2.24) is 19.5 Å². The molecule has 0 bridgehead atoms. The first-order chi connectivity index (χ1) is 14.9. The minimum Gasteiger partial charge on any atom is -0.352 e. The van der Waals surface area contributed by atoms with Crippen LogP contribution in [0.3, 0.4) is 0 Å². The van der Waals surface area contributed by atoms with E-state index in [1.54, 1.807) is 24.5 Å². The number of aromatic nitrogens is 3. The minimum atomic E-state index is -3.60. The summed E-state index contributed by atoms with van der Waals surface area (Å²) in [5, 5.41) is 11.2. The van der Waals surface area contributed by atoms with Crippen molar-refractivity contribution in [2.75, 3.05) is 36.4 Å². The van der Waals surface area contributed by atoms with Crippen molar-refractivity contribution >= 4 is 27.4 Å². The second-order valence-corrected chi connectivity index (χ2v) is 9.05. The van der Waals surface area contributed by atoms with Gasteiger partial charge in [0, 0.05) is 56.7 Å². The summed E-state index contributed by atoms with van der Waals surface area (Å²) in [5.74, 6) is 0.512. The third-order valence-electron chi connectivity index (χ3n) is 5.00. The molecule has 160 valence electrons. The van der Waals surface area contributed by atoms with Gasteiger partial charge in [0.1, 0.15) is 0 Å². The number of hydrogen-bond acceptors (Lipinski definition) is 7. The van der Waals surface area contributed by atoms with Crippen LogP contribution in [0.1, 0.15) is 6.92 Å². The maximum atomic E-state index is 13.0. The van der Waals surface area contributed by atoms with Crippen molar-refractivity contribution in [1.29, 1.82) is 0 Å². The third kappa shape index (κ3) is 4.70. The molecule has 0 spiro atoms. The fourth-order valence-corrected chi connectivity index (χ4v) is 4.81. The lowest BCUT2D eigenvalue weighted by Crippen LogP contribution is -2.49. The molecule has 9 nitrogen and oxygen atoms in total. The van der Waals surface area contributed by atoms with Gasteiger partial charge in [0.05, 0.1) is 10.6 Å².